The highest BCUT2D eigenvalue weighted by atomic mass is 16.4. The molecule has 1 aromatic heterocycles. The second kappa shape index (κ2) is 10.7. The van der Waals surface area contributed by atoms with Crippen LogP contribution in [0.25, 0.3) is 11.0 Å². The smallest absolute Gasteiger partial charge is 0.305 e. The van der Waals surface area contributed by atoms with Gasteiger partial charge in [-0.25, -0.2) is 4.98 Å². The predicted molar refractivity (Wildman–Crippen MR) is 112 cm³/mol. The number of hydrogen-bond acceptors (Lipinski definition) is 5. The molecule has 1 aromatic carbocycles. The number of amides is 2. The number of aromatic nitrogens is 2. The van der Waals surface area contributed by atoms with E-state index in [1.165, 1.54) is 0 Å². The first-order chi connectivity index (χ1) is 14.2. The molecule has 2 rings (SSSR count). The lowest BCUT2D eigenvalue weighted by atomic mass is 9.91. The number of nitrogens with one attached hydrogen (secondary N) is 2. The number of carbonyl (C=O) groups is 3. The summed E-state index contributed by atoms with van der Waals surface area (Å²) in [4.78, 5) is 40.2. The van der Waals surface area contributed by atoms with Crippen LogP contribution >= 0.6 is 0 Å². The average Bonchev–Trinajstić information content (AvgIpc) is 3.00. The normalized spacial score (nSPS) is 13.2. The quantitative estimate of drug-likeness (QED) is 0.431. The van der Waals surface area contributed by atoms with Crippen LogP contribution in [0, 0.1) is 18.8 Å². The van der Waals surface area contributed by atoms with Gasteiger partial charge in [0, 0.05) is 25.4 Å². The Morgan fingerprint density at radius 2 is 1.87 bits per heavy atom. The number of nitrogens with zero attached hydrogens (tertiary/aromatic N) is 2. The third-order valence-corrected chi connectivity index (χ3v) is 5.04. The molecule has 4 N–H and O–H groups in total. The SMILES string of the molecule is Cc1nc2ccccc2n1CCNC(=O)C[C@H](C(=O)N[C@H](CO)CC(=O)O)C(C)C. The molecule has 9 nitrogen and oxygen atoms in total. The molecule has 0 saturated carbocycles. The molecule has 0 spiro atoms. The number of carboxylic acid groups (broad SMARTS) is 1. The predicted octanol–water partition coefficient (Wildman–Crippen LogP) is 1.08. The van der Waals surface area contributed by atoms with Crippen LogP contribution in [0.4, 0.5) is 0 Å². The van der Waals surface area contributed by atoms with Crippen LogP contribution in [0.15, 0.2) is 24.3 Å². The Morgan fingerprint density at radius 3 is 2.50 bits per heavy atom. The van der Waals surface area contributed by atoms with Crippen LogP contribution < -0.4 is 10.6 Å². The number of carbonyl (C=O) groups excluding carboxylic acids is 2. The van der Waals surface area contributed by atoms with Gasteiger partial charge >= 0.3 is 5.97 Å². The Kier molecular flexibility index (Phi) is 8.35. The van der Waals surface area contributed by atoms with Crippen molar-refractivity contribution >= 4 is 28.8 Å². The molecule has 0 radical (unpaired) electrons. The number of aliphatic hydroxyl groups excluding tert-OH is 1. The summed E-state index contributed by atoms with van der Waals surface area (Å²) in [7, 11) is 0. The minimum atomic E-state index is -1.12. The highest BCUT2D eigenvalue weighted by Gasteiger charge is 2.27. The molecule has 30 heavy (non-hydrogen) atoms. The number of hydrogen-bond donors (Lipinski definition) is 4. The summed E-state index contributed by atoms with van der Waals surface area (Å²) in [5.41, 5.74) is 1.90. The van der Waals surface area contributed by atoms with Crippen molar-refractivity contribution in [2.75, 3.05) is 13.2 Å². The molecule has 0 unspecified atom stereocenters. The molecule has 0 aliphatic carbocycles. The number of carboxylic acids is 1. The summed E-state index contributed by atoms with van der Waals surface area (Å²) in [6.07, 6.45) is -0.393. The van der Waals surface area contributed by atoms with Crippen molar-refractivity contribution in [1.82, 2.24) is 20.2 Å². The molecule has 0 aliphatic rings. The number of aliphatic hydroxyl groups is 1. The van der Waals surface area contributed by atoms with E-state index in [0.29, 0.717) is 13.1 Å². The molecule has 0 aliphatic heterocycles. The van der Waals surface area contributed by atoms with Crippen LogP contribution in [0.1, 0.15) is 32.5 Å². The maximum Gasteiger partial charge on any atom is 0.305 e. The molecular weight excluding hydrogens is 388 g/mol. The van der Waals surface area contributed by atoms with Crippen molar-refractivity contribution in [2.45, 2.75) is 46.2 Å². The van der Waals surface area contributed by atoms with E-state index in [4.69, 9.17) is 5.11 Å². The number of aliphatic carboxylic acids is 1. The van der Waals surface area contributed by atoms with E-state index < -0.39 is 30.4 Å². The summed E-state index contributed by atoms with van der Waals surface area (Å²) in [5, 5.41) is 23.5. The van der Waals surface area contributed by atoms with Gasteiger partial charge in [0.15, 0.2) is 0 Å². The zero-order chi connectivity index (χ0) is 22.3. The number of para-hydroxylation sites is 2. The van der Waals surface area contributed by atoms with Crippen molar-refractivity contribution in [3.8, 4) is 0 Å². The molecular formula is C21H30N4O5. The number of aryl methyl sites for hydroxylation is 1. The number of fused-ring (bicyclic) bond motifs is 1. The van der Waals surface area contributed by atoms with Crippen LogP contribution in [0.3, 0.4) is 0 Å². The van der Waals surface area contributed by atoms with E-state index >= 15 is 0 Å². The minimum absolute atomic E-state index is 0.0155. The first-order valence-electron chi connectivity index (χ1n) is 10.0. The minimum Gasteiger partial charge on any atom is -0.481 e. The van der Waals surface area contributed by atoms with Crippen molar-refractivity contribution in [3.05, 3.63) is 30.1 Å². The Balaban J connectivity index is 1.91. The van der Waals surface area contributed by atoms with Gasteiger partial charge in [0.25, 0.3) is 0 Å². The summed E-state index contributed by atoms with van der Waals surface area (Å²) in [5.74, 6) is -1.70. The fourth-order valence-electron chi connectivity index (χ4n) is 3.37. The Labute approximate surface area is 175 Å². The average molecular weight is 418 g/mol. The van der Waals surface area contributed by atoms with Crippen LogP contribution in [0.2, 0.25) is 0 Å². The van der Waals surface area contributed by atoms with Gasteiger partial charge in [-0.15, -0.1) is 0 Å². The number of benzene rings is 1. The molecule has 1 heterocycles. The summed E-state index contributed by atoms with van der Waals surface area (Å²) in [6.45, 7) is 6.03. The Morgan fingerprint density at radius 1 is 1.17 bits per heavy atom. The summed E-state index contributed by atoms with van der Waals surface area (Å²) < 4.78 is 2.03. The third kappa shape index (κ3) is 6.28. The summed E-state index contributed by atoms with van der Waals surface area (Å²) in [6, 6.07) is 6.90. The van der Waals surface area contributed by atoms with Gasteiger partial charge in [-0.05, 0) is 25.0 Å². The molecule has 0 saturated heterocycles. The second-order valence-corrected chi connectivity index (χ2v) is 7.69. The molecule has 0 bridgehead atoms. The fourth-order valence-corrected chi connectivity index (χ4v) is 3.37. The van der Waals surface area contributed by atoms with Gasteiger partial charge in [-0.1, -0.05) is 26.0 Å². The van der Waals surface area contributed by atoms with Crippen molar-refractivity contribution in [1.29, 1.82) is 0 Å². The highest BCUT2D eigenvalue weighted by Crippen LogP contribution is 2.17. The van der Waals surface area contributed by atoms with E-state index in [1.807, 2.05) is 49.6 Å². The van der Waals surface area contributed by atoms with Gasteiger partial charge in [0.05, 0.1) is 30.1 Å². The highest BCUT2D eigenvalue weighted by molar-refractivity contribution is 5.86. The maximum atomic E-state index is 12.5. The zero-order valence-corrected chi connectivity index (χ0v) is 17.6. The van der Waals surface area contributed by atoms with E-state index in [9.17, 15) is 19.5 Å². The van der Waals surface area contributed by atoms with Gasteiger partial charge in [-0.2, -0.15) is 0 Å². The lowest BCUT2D eigenvalue weighted by Gasteiger charge is -2.23. The molecule has 0 fully saturated rings. The molecule has 9 heteroatoms. The lowest BCUT2D eigenvalue weighted by Crippen LogP contribution is -2.44. The van der Waals surface area contributed by atoms with E-state index in [0.717, 1.165) is 16.9 Å². The third-order valence-electron chi connectivity index (χ3n) is 5.04. The lowest BCUT2D eigenvalue weighted by molar-refractivity contribution is -0.138. The van der Waals surface area contributed by atoms with Crippen LogP contribution in [-0.2, 0) is 20.9 Å². The van der Waals surface area contributed by atoms with Gasteiger partial charge in [0.1, 0.15) is 5.82 Å². The van der Waals surface area contributed by atoms with Gasteiger partial charge in [0.2, 0.25) is 11.8 Å². The molecule has 2 amide bonds. The Bertz CT molecular complexity index is 893. The topological polar surface area (TPSA) is 134 Å². The second-order valence-electron chi connectivity index (χ2n) is 7.69. The van der Waals surface area contributed by atoms with Crippen molar-refractivity contribution in [2.24, 2.45) is 11.8 Å². The number of rotatable bonds is 11. The molecule has 2 atom stereocenters. The van der Waals surface area contributed by atoms with Crippen LogP contribution in [-0.4, -0.2) is 56.7 Å². The standard InChI is InChI=1S/C21H30N4O5/c1-13(2)16(21(30)24-15(12-26)10-20(28)29)11-19(27)22-8-9-25-14(3)23-17-6-4-5-7-18(17)25/h4-7,13,15-16,26H,8-12H2,1-3H3,(H,22,27)(H,24,30)(H,28,29)/t15-,16-/m0/s1. The number of imidazole rings is 1. The van der Waals surface area contributed by atoms with E-state index in [1.54, 1.807) is 0 Å². The maximum absolute atomic E-state index is 12.5. The Hall–Kier alpha value is -2.94. The largest absolute Gasteiger partial charge is 0.481 e. The van der Waals surface area contributed by atoms with Gasteiger partial charge in [-0.3, -0.25) is 14.4 Å². The monoisotopic (exact) mass is 418 g/mol. The summed E-state index contributed by atoms with van der Waals surface area (Å²) >= 11 is 0. The molecule has 164 valence electrons. The fraction of sp³-hybridized carbons (Fsp3) is 0.524. The molecule has 2 aromatic rings. The zero-order valence-electron chi connectivity index (χ0n) is 17.6. The van der Waals surface area contributed by atoms with E-state index in [-0.39, 0.29) is 24.7 Å². The van der Waals surface area contributed by atoms with Crippen LogP contribution in [0.5, 0.6) is 0 Å². The first-order valence-corrected chi connectivity index (χ1v) is 10.0. The first kappa shape index (κ1) is 23.3. The van der Waals surface area contributed by atoms with Crippen molar-refractivity contribution < 1.29 is 24.6 Å². The van der Waals surface area contributed by atoms with Gasteiger partial charge < -0.3 is 25.4 Å². The van der Waals surface area contributed by atoms with Crippen molar-refractivity contribution in [3.63, 3.8) is 0 Å². The van der Waals surface area contributed by atoms with E-state index in [2.05, 4.69) is 15.6 Å².